The third-order valence-corrected chi connectivity index (χ3v) is 9.08. The number of benzene rings is 2. The molecule has 2 aromatic carbocycles. The number of nitrogens with zero attached hydrogens (tertiary/aromatic N) is 2. The first kappa shape index (κ1) is 42.0. The Morgan fingerprint density at radius 1 is 0.800 bits per heavy atom. The smallest absolute Gasteiger partial charge is 0.328 e. The van der Waals surface area contributed by atoms with Crippen LogP contribution in [0, 0.1) is 0 Å². The molecule has 0 spiro atoms. The summed E-state index contributed by atoms with van der Waals surface area (Å²) < 4.78 is 5.44. The van der Waals surface area contributed by atoms with Gasteiger partial charge in [0.1, 0.15) is 0 Å². The van der Waals surface area contributed by atoms with E-state index in [1.165, 1.54) is 33.8 Å². The Balaban J connectivity index is 0.000000450. The number of piperazine rings is 1. The highest BCUT2D eigenvalue weighted by molar-refractivity contribution is 7.99. The van der Waals surface area contributed by atoms with Gasteiger partial charge < -0.3 is 30.1 Å². The third-order valence-electron chi connectivity index (χ3n) is 7.64. The number of hydrogen-bond acceptors (Lipinski definition) is 9. The number of hydrogen-bond donors (Lipinski definition) is 4. The number of carbonyl (C=O) groups excluding carboxylic acids is 1. The molecule has 0 aliphatic carbocycles. The Morgan fingerprint density at radius 2 is 1.40 bits per heavy atom. The number of esters is 1. The third kappa shape index (κ3) is 17.0. The van der Waals surface area contributed by atoms with Gasteiger partial charge in [0.15, 0.2) is 0 Å². The molecule has 2 heterocycles. The average Bonchev–Trinajstić information content (AvgIpc) is 3.24. The number of rotatable bonds is 14. The van der Waals surface area contributed by atoms with E-state index in [0.717, 1.165) is 63.4 Å². The normalized spacial score (nSPS) is 15.8. The zero-order chi connectivity index (χ0) is 36.9. The summed E-state index contributed by atoms with van der Waals surface area (Å²) in [5, 5.41) is 32.1. The van der Waals surface area contributed by atoms with E-state index in [0.29, 0.717) is 43.4 Å². The molecule has 12 nitrogen and oxygen atoms in total. The second-order valence-electron chi connectivity index (χ2n) is 11.4. The largest absolute Gasteiger partial charge is 0.478 e. The Bertz CT molecular complexity index is 1420. The fraction of sp³-hybridized carbons (Fsp3) is 0.417. The molecule has 1 fully saturated rings. The number of unbranched alkanes of at least 4 members (excludes halogenated alkanes) is 3. The molecular weight excluding hydrogens is 688 g/mol. The van der Waals surface area contributed by atoms with Crippen molar-refractivity contribution in [1.29, 1.82) is 0 Å². The molecule has 2 aliphatic rings. The summed E-state index contributed by atoms with van der Waals surface area (Å²) >= 11 is 8.30. The SMILES string of the molecule is CCCCCCC(=O)OCCCN1CCN(C2Cc3ccccc3Sc3ccc(Cl)cc32)CC1.O=C(O)/C=C\C(=O)O.O=C(O)/C=C\C(=O)O. The van der Waals surface area contributed by atoms with Gasteiger partial charge in [0, 0.05) is 84.3 Å². The lowest BCUT2D eigenvalue weighted by atomic mass is 9.96. The first-order chi connectivity index (χ1) is 23.9. The molecule has 0 radical (unpaired) electrons. The lowest BCUT2D eigenvalue weighted by molar-refractivity contribution is -0.144. The Morgan fingerprint density at radius 3 is 1.98 bits per heavy atom. The van der Waals surface area contributed by atoms with Crippen LogP contribution >= 0.6 is 23.4 Å². The van der Waals surface area contributed by atoms with E-state index >= 15 is 0 Å². The zero-order valence-corrected chi connectivity index (χ0v) is 29.6. The number of fused-ring (bicyclic) bond motifs is 2. The van der Waals surface area contributed by atoms with E-state index in [4.69, 9.17) is 36.8 Å². The van der Waals surface area contributed by atoms with Gasteiger partial charge in [0.05, 0.1) is 6.61 Å². The zero-order valence-electron chi connectivity index (χ0n) is 28.0. The van der Waals surface area contributed by atoms with Crippen LogP contribution < -0.4 is 0 Å². The minimum Gasteiger partial charge on any atom is -0.478 e. The predicted octanol–water partition coefficient (Wildman–Crippen LogP) is 6.03. The minimum absolute atomic E-state index is 0.0373. The molecule has 2 aromatic rings. The van der Waals surface area contributed by atoms with Crippen LogP contribution in [-0.4, -0.2) is 99.4 Å². The number of carboxylic acid groups (broad SMARTS) is 4. The Labute approximate surface area is 301 Å². The molecule has 0 amide bonds. The highest BCUT2D eigenvalue weighted by atomic mass is 35.5. The van der Waals surface area contributed by atoms with Crippen LogP contribution in [0.1, 0.15) is 62.6 Å². The number of halogens is 1. The summed E-state index contributed by atoms with van der Waals surface area (Å²) in [5.41, 5.74) is 2.77. The minimum atomic E-state index is -1.26. The van der Waals surface area contributed by atoms with Crippen molar-refractivity contribution in [1.82, 2.24) is 9.80 Å². The number of carbonyl (C=O) groups is 5. The maximum Gasteiger partial charge on any atom is 0.328 e. The second-order valence-corrected chi connectivity index (χ2v) is 12.9. The lowest BCUT2D eigenvalue weighted by Gasteiger charge is -2.39. The summed E-state index contributed by atoms with van der Waals surface area (Å²) in [6, 6.07) is 15.5. The van der Waals surface area contributed by atoms with Crippen LogP contribution in [0.5, 0.6) is 0 Å². The van der Waals surface area contributed by atoms with Gasteiger partial charge in [-0.15, -0.1) is 0 Å². The number of carboxylic acids is 4. The van der Waals surface area contributed by atoms with Crippen molar-refractivity contribution in [3.8, 4) is 0 Å². The molecule has 272 valence electrons. The van der Waals surface area contributed by atoms with Gasteiger partial charge in [-0.05, 0) is 54.7 Å². The lowest BCUT2D eigenvalue weighted by Crippen LogP contribution is -2.48. The Hall–Kier alpha value is -4.17. The van der Waals surface area contributed by atoms with Gasteiger partial charge in [-0.1, -0.05) is 67.7 Å². The first-order valence-electron chi connectivity index (χ1n) is 16.3. The van der Waals surface area contributed by atoms with Crippen LogP contribution in [-0.2, 0) is 35.1 Å². The maximum absolute atomic E-state index is 11.9. The van der Waals surface area contributed by atoms with Gasteiger partial charge in [-0.3, -0.25) is 9.69 Å². The topological polar surface area (TPSA) is 182 Å². The van der Waals surface area contributed by atoms with Crippen molar-refractivity contribution in [3.05, 3.63) is 82.9 Å². The van der Waals surface area contributed by atoms with Crippen LogP contribution in [0.4, 0.5) is 0 Å². The van der Waals surface area contributed by atoms with Crippen molar-refractivity contribution < 1.29 is 49.1 Å². The van der Waals surface area contributed by atoms with E-state index in [1.807, 2.05) is 17.8 Å². The second kappa shape index (κ2) is 23.3. The molecule has 14 heteroatoms. The van der Waals surface area contributed by atoms with Crippen molar-refractivity contribution in [2.75, 3.05) is 39.3 Å². The van der Waals surface area contributed by atoms with Crippen molar-refractivity contribution in [2.24, 2.45) is 0 Å². The number of aliphatic carboxylic acids is 4. The van der Waals surface area contributed by atoms with Gasteiger partial charge >= 0.3 is 29.8 Å². The summed E-state index contributed by atoms with van der Waals surface area (Å²) in [5.74, 6) is -5.07. The maximum atomic E-state index is 11.9. The summed E-state index contributed by atoms with van der Waals surface area (Å²) in [7, 11) is 0. The molecule has 0 aromatic heterocycles. The van der Waals surface area contributed by atoms with Gasteiger partial charge in [-0.25, -0.2) is 19.2 Å². The first-order valence-corrected chi connectivity index (χ1v) is 17.5. The summed E-state index contributed by atoms with van der Waals surface area (Å²) in [6.07, 6.45) is 9.18. The fourth-order valence-corrected chi connectivity index (χ4v) is 6.53. The van der Waals surface area contributed by atoms with Crippen LogP contribution in [0.15, 0.2) is 76.6 Å². The van der Waals surface area contributed by atoms with E-state index < -0.39 is 23.9 Å². The average molecular weight is 733 g/mol. The summed E-state index contributed by atoms with van der Waals surface area (Å²) in [4.78, 5) is 57.9. The molecule has 1 atom stereocenters. The molecule has 1 saturated heterocycles. The van der Waals surface area contributed by atoms with E-state index in [9.17, 15) is 24.0 Å². The highest BCUT2D eigenvalue weighted by Crippen LogP contribution is 2.43. The van der Waals surface area contributed by atoms with Crippen LogP contribution in [0.3, 0.4) is 0 Å². The monoisotopic (exact) mass is 732 g/mol. The standard InChI is InChI=1S/C28H37ClN2O2S.2C4H4O4/c1-2-3-4-5-11-28(32)33-19-8-14-30-15-17-31(18-16-30)25-20-22-9-6-7-10-26(22)34-27-13-12-23(29)21-24(25)27;2*5-3(6)1-2-4(7)8/h6-7,9-10,12-13,21,25H,2-5,8,11,14-20H2,1H3;2*1-2H,(H,5,6)(H,7,8)/b;2*2-1-. The molecule has 0 saturated carbocycles. The molecule has 4 rings (SSSR count). The van der Waals surface area contributed by atoms with Crippen LogP contribution in [0.2, 0.25) is 5.02 Å². The van der Waals surface area contributed by atoms with Gasteiger partial charge in [0.2, 0.25) is 0 Å². The van der Waals surface area contributed by atoms with E-state index in [2.05, 4.69) is 53.1 Å². The van der Waals surface area contributed by atoms with Gasteiger partial charge in [0.25, 0.3) is 0 Å². The predicted molar refractivity (Wildman–Crippen MR) is 190 cm³/mol. The molecular formula is C36H45ClN2O10S. The van der Waals surface area contributed by atoms with Crippen molar-refractivity contribution in [3.63, 3.8) is 0 Å². The van der Waals surface area contributed by atoms with Gasteiger partial charge in [-0.2, -0.15) is 0 Å². The summed E-state index contributed by atoms with van der Waals surface area (Å²) in [6.45, 7) is 7.89. The van der Waals surface area contributed by atoms with Crippen molar-refractivity contribution >= 4 is 53.2 Å². The number of ether oxygens (including phenoxy) is 1. The molecule has 4 N–H and O–H groups in total. The Kier molecular flexibility index (Phi) is 19.5. The molecule has 0 bridgehead atoms. The molecule has 1 unspecified atom stereocenters. The quantitative estimate of drug-likeness (QED) is 0.100. The van der Waals surface area contributed by atoms with E-state index in [-0.39, 0.29) is 5.97 Å². The molecule has 50 heavy (non-hydrogen) atoms. The van der Waals surface area contributed by atoms with Crippen LogP contribution in [0.25, 0.3) is 0 Å². The molecule has 2 aliphatic heterocycles. The highest BCUT2D eigenvalue weighted by Gasteiger charge is 2.30. The fourth-order valence-electron chi connectivity index (χ4n) is 5.23. The van der Waals surface area contributed by atoms with E-state index in [1.54, 1.807) is 0 Å². The van der Waals surface area contributed by atoms with Crippen molar-refractivity contribution in [2.45, 2.75) is 67.7 Å².